The highest BCUT2D eigenvalue weighted by Gasteiger charge is 2.39. The molecular formula is C14H19NO5S. The van der Waals surface area contributed by atoms with Gasteiger partial charge in [0.05, 0.1) is 12.0 Å². The number of aliphatic carboxylic acids is 1. The van der Waals surface area contributed by atoms with E-state index in [1.165, 1.54) is 19.2 Å². The van der Waals surface area contributed by atoms with Crippen LogP contribution in [0.15, 0.2) is 17.0 Å². The van der Waals surface area contributed by atoms with Crippen LogP contribution < -0.4 is 4.74 Å². The highest BCUT2D eigenvalue weighted by Crippen LogP contribution is 2.31. The maximum absolute atomic E-state index is 12.7. The molecule has 1 aliphatic rings. The molecule has 6 nitrogen and oxygen atoms in total. The molecule has 1 saturated heterocycles. The summed E-state index contributed by atoms with van der Waals surface area (Å²) < 4.78 is 31.7. The van der Waals surface area contributed by atoms with Crippen LogP contribution in [-0.2, 0) is 14.8 Å². The summed E-state index contributed by atoms with van der Waals surface area (Å²) in [5, 5.41) is 9.16. The molecule has 0 aliphatic carbocycles. The highest BCUT2D eigenvalue weighted by atomic mass is 32.2. The third kappa shape index (κ3) is 2.75. The van der Waals surface area contributed by atoms with Gasteiger partial charge in [-0.05, 0) is 49.9 Å². The minimum absolute atomic E-state index is 0.117. The number of carbonyl (C=O) groups is 1. The Balaban J connectivity index is 2.47. The maximum atomic E-state index is 12.7. The average Bonchev–Trinajstić information content (AvgIpc) is 2.88. The summed E-state index contributed by atoms with van der Waals surface area (Å²) in [6.07, 6.45) is 0.910. The lowest BCUT2D eigenvalue weighted by Crippen LogP contribution is -2.40. The number of carboxylic acid groups (broad SMARTS) is 1. The first kappa shape index (κ1) is 15.8. The first-order valence-corrected chi connectivity index (χ1v) is 8.13. The third-order valence-electron chi connectivity index (χ3n) is 3.73. The molecule has 1 fully saturated rings. The van der Waals surface area contributed by atoms with Crippen LogP contribution in [-0.4, -0.2) is 43.5 Å². The average molecular weight is 313 g/mol. The lowest BCUT2D eigenvalue weighted by molar-refractivity contribution is -0.140. The molecule has 1 aliphatic heterocycles. The standard InChI is InChI=1S/C14H19NO5S/c1-9-7-11(8-10(2)13(9)20-3)21(18,19)15-6-4-5-12(15)14(16)17/h7-8,12H,4-6H2,1-3H3,(H,16,17). The van der Waals surface area contributed by atoms with Crippen LogP contribution in [0.2, 0.25) is 0 Å². The van der Waals surface area contributed by atoms with E-state index in [1.54, 1.807) is 13.8 Å². The molecular weight excluding hydrogens is 294 g/mol. The summed E-state index contributed by atoms with van der Waals surface area (Å²) in [5.41, 5.74) is 1.42. The predicted molar refractivity (Wildman–Crippen MR) is 77.0 cm³/mol. The van der Waals surface area contributed by atoms with Crippen molar-refractivity contribution in [3.63, 3.8) is 0 Å². The fourth-order valence-electron chi connectivity index (χ4n) is 2.79. The van der Waals surface area contributed by atoms with Crippen LogP contribution in [0.4, 0.5) is 0 Å². The molecule has 0 radical (unpaired) electrons. The molecule has 1 aromatic carbocycles. The zero-order valence-corrected chi connectivity index (χ0v) is 13.1. The summed E-state index contributed by atoms with van der Waals surface area (Å²) in [5.74, 6) is -0.455. The molecule has 1 N–H and O–H groups in total. The molecule has 2 rings (SSSR count). The first-order valence-electron chi connectivity index (χ1n) is 6.69. The van der Waals surface area contributed by atoms with Crippen molar-refractivity contribution in [3.05, 3.63) is 23.3 Å². The van der Waals surface area contributed by atoms with Gasteiger partial charge in [-0.2, -0.15) is 4.31 Å². The van der Waals surface area contributed by atoms with Crippen LogP contribution in [0.5, 0.6) is 5.75 Å². The second-order valence-corrected chi connectivity index (χ2v) is 7.09. The van der Waals surface area contributed by atoms with Crippen molar-refractivity contribution in [3.8, 4) is 5.75 Å². The van der Waals surface area contributed by atoms with E-state index in [0.29, 0.717) is 29.7 Å². The van der Waals surface area contributed by atoms with Crippen molar-refractivity contribution < 1.29 is 23.1 Å². The van der Waals surface area contributed by atoms with Gasteiger partial charge >= 0.3 is 5.97 Å². The monoisotopic (exact) mass is 313 g/mol. The van der Waals surface area contributed by atoms with Crippen molar-refractivity contribution in [1.82, 2.24) is 4.31 Å². The largest absolute Gasteiger partial charge is 0.496 e. The third-order valence-corrected chi connectivity index (χ3v) is 5.62. The van der Waals surface area contributed by atoms with Crippen LogP contribution in [0.3, 0.4) is 0 Å². The normalized spacial score (nSPS) is 19.7. The summed E-state index contributed by atoms with van der Waals surface area (Å²) >= 11 is 0. The quantitative estimate of drug-likeness (QED) is 0.911. The minimum Gasteiger partial charge on any atom is -0.496 e. The molecule has 0 saturated carbocycles. The Hall–Kier alpha value is -1.60. The van der Waals surface area contributed by atoms with Gasteiger partial charge in [-0.3, -0.25) is 4.79 Å². The summed E-state index contributed by atoms with van der Waals surface area (Å²) in [6, 6.07) is 2.08. The number of carboxylic acids is 1. The fraction of sp³-hybridized carbons (Fsp3) is 0.500. The predicted octanol–water partition coefficient (Wildman–Crippen LogP) is 1.55. The SMILES string of the molecule is COc1c(C)cc(S(=O)(=O)N2CCCC2C(=O)O)cc1C. The van der Waals surface area contributed by atoms with E-state index >= 15 is 0 Å². The van der Waals surface area contributed by atoms with Crippen molar-refractivity contribution in [2.24, 2.45) is 0 Å². The number of ether oxygens (including phenoxy) is 1. The number of aryl methyl sites for hydroxylation is 2. The number of benzene rings is 1. The Morgan fingerprint density at radius 1 is 1.33 bits per heavy atom. The van der Waals surface area contributed by atoms with E-state index in [-0.39, 0.29) is 11.4 Å². The molecule has 1 aromatic rings. The number of hydrogen-bond acceptors (Lipinski definition) is 4. The first-order chi connectivity index (χ1) is 9.78. The van der Waals surface area contributed by atoms with Crippen molar-refractivity contribution in [1.29, 1.82) is 0 Å². The van der Waals surface area contributed by atoms with Gasteiger partial charge < -0.3 is 9.84 Å². The van der Waals surface area contributed by atoms with Crippen LogP contribution in [0.1, 0.15) is 24.0 Å². The maximum Gasteiger partial charge on any atom is 0.322 e. The van der Waals surface area contributed by atoms with Gasteiger partial charge in [0, 0.05) is 6.54 Å². The zero-order chi connectivity index (χ0) is 15.8. The molecule has 1 unspecified atom stereocenters. The van der Waals surface area contributed by atoms with Crippen LogP contribution >= 0.6 is 0 Å². The second kappa shape index (κ2) is 5.65. The molecule has 116 valence electrons. The zero-order valence-electron chi connectivity index (χ0n) is 12.3. The second-order valence-electron chi connectivity index (χ2n) is 5.20. The molecule has 0 bridgehead atoms. The number of hydrogen-bond donors (Lipinski definition) is 1. The Morgan fingerprint density at radius 2 is 1.90 bits per heavy atom. The summed E-state index contributed by atoms with van der Waals surface area (Å²) in [7, 11) is -2.27. The van der Waals surface area contributed by atoms with Crippen molar-refractivity contribution in [2.75, 3.05) is 13.7 Å². The van der Waals surface area contributed by atoms with Gasteiger partial charge in [0.25, 0.3) is 0 Å². The molecule has 1 heterocycles. The Labute approximate surface area is 124 Å². The molecule has 0 aromatic heterocycles. The molecule has 21 heavy (non-hydrogen) atoms. The molecule has 1 atom stereocenters. The molecule has 0 spiro atoms. The van der Waals surface area contributed by atoms with E-state index in [0.717, 1.165) is 4.31 Å². The fourth-order valence-corrected chi connectivity index (χ4v) is 4.61. The molecule has 0 amide bonds. The minimum atomic E-state index is -3.81. The summed E-state index contributed by atoms with van der Waals surface area (Å²) in [4.78, 5) is 11.3. The topological polar surface area (TPSA) is 83.9 Å². The number of sulfonamides is 1. The van der Waals surface area contributed by atoms with E-state index in [9.17, 15) is 13.2 Å². The van der Waals surface area contributed by atoms with Crippen LogP contribution in [0, 0.1) is 13.8 Å². The van der Waals surface area contributed by atoms with Gasteiger partial charge in [0.1, 0.15) is 11.8 Å². The molecule has 7 heteroatoms. The van der Waals surface area contributed by atoms with Gasteiger partial charge in [-0.1, -0.05) is 0 Å². The lowest BCUT2D eigenvalue weighted by Gasteiger charge is -2.22. The Kier molecular flexibility index (Phi) is 4.25. The van der Waals surface area contributed by atoms with Crippen molar-refractivity contribution in [2.45, 2.75) is 37.6 Å². The Bertz CT molecular complexity index is 645. The van der Waals surface area contributed by atoms with E-state index in [4.69, 9.17) is 9.84 Å². The summed E-state index contributed by atoms with van der Waals surface area (Å²) in [6.45, 7) is 3.77. The van der Waals surface area contributed by atoms with Gasteiger partial charge in [0.15, 0.2) is 0 Å². The van der Waals surface area contributed by atoms with Gasteiger partial charge in [0.2, 0.25) is 10.0 Å². The van der Waals surface area contributed by atoms with E-state index < -0.39 is 22.0 Å². The lowest BCUT2D eigenvalue weighted by atomic mass is 10.1. The van der Waals surface area contributed by atoms with Crippen LogP contribution in [0.25, 0.3) is 0 Å². The smallest absolute Gasteiger partial charge is 0.322 e. The highest BCUT2D eigenvalue weighted by molar-refractivity contribution is 7.89. The van der Waals surface area contributed by atoms with Gasteiger partial charge in [-0.15, -0.1) is 0 Å². The number of nitrogens with zero attached hydrogens (tertiary/aromatic N) is 1. The van der Waals surface area contributed by atoms with Crippen molar-refractivity contribution >= 4 is 16.0 Å². The number of methoxy groups -OCH3 is 1. The van der Waals surface area contributed by atoms with E-state index in [1.807, 2.05) is 0 Å². The van der Waals surface area contributed by atoms with Gasteiger partial charge in [-0.25, -0.2) is 8.42 Å². The number of rotatable bonds is 4. The Morgan fingerprint density at radius 3 is 2.38 bits per heavy atom. The van der Waals surface area contributed by atoms with E-state index in [2.05, 4.69) is 0 Å².